The second kappa shape index (κ2) is 9.11. The van der Waals surface area contributed by atoms with E-state index in [-0.39, 0.29) is 0 Å². The van der Waals surface area contributed by atoms with Crippen LogP contribution in [-0.2, 0) is 6.54 Å². The molecule has 2 rings (SSSR count). The van der Waals surface area contributed by atoms with Crippen LogP contribution in [0.3, 0.4) is 0 Å². The van der Waals surface area contributed by atoms with Crippen LogP contribution in [0.2, 0.25) is 0 Å². The molecule has 5 nitrogen and oxygen atoms in total. The monoisotopic (exact) mass is 328 g/mol. The quantitative estimate of drug-likeness (QED) is 0.601. The molecule has 0 bridgehead atoms. The van der Waals surface area contributed by atoms with Crippen LogP contribution in [0.15, 0.2) is 45.9 Å². The third kappa shape index (κ3) is 5.41. The summed E-state index contributed by atoms with van der Waals surface area (Å²) in [6, 6.07) is 12.5. The molecule has 130 valence electrons. The van der Waals surface area contributed by atoms with Gasteiger partial charge in [-0.25, -0.2) is 4.99 Å². The highest BCUT2D eigenvalue weighted by atomic mass is 16.5. The third-order valence-electron chi connectivity index (χ3n) is 3.85. The Morgan fingerprint density at radius 2 is 1.92 bits per heavy atom. The first-order chi connectivity index (χ1) is 11.6. The van der Waals surface area contributed by atoms with E-state index in [9.17, 15) is 0 Å². The summed E-state index contributed by atoms with van der Waals surface area (Å²) in [6.07, 6.45) is 0. The lowest BCUT2D eigenvalue weighted by Crippen LogP contribution is -2.39. The molecule has 0 radical (unpaired) electrons. The summed E-state index contributed by atoms with van der Waals surface area (Å²) >= 11 is 0. The fourth-order valence-electron chi connectivity index (χ4n) is 2.32. The van der Waals surface area contributed by atoms with Gasteiger partial charge in [-0.3, -0.25) is 0 Å². The first kappa shape index (κ1) is 18.0. The first-order valence-corrected chi connectivity index (χ1v) is 8.62. The molecule has 0 aliphatic rings. The van der Waals surface area contributed by atoms with Crippen molar-refractivity contribution in [2.75, 3.05) is 13.1 Å². The van der Waals surface area contributed by atoms with Crippen molar-refractivity contribution in [2.45, 2.75) is 46.1 Å². The maximum atomic E-state index is 5.34. The molecule has 0 saturated carbocycles. The van der Waals surface area contributed by atoms with Crippen LogP contribution in [0.5, 0.6) is 0 Å². The highest BCUT2D eigenvalue weighted by Gasteiger charge is 2.09. The molecule has 0 aliphatic carbocycles. The van der Waals surface area contributed by atoms with Crippen LogP contribution < -0.4 is 10.6 Å². The number of aliphatic imine (C=N–C) groups is 1. The van der Waals surface area contributed by atoms with Gasteiger partial charge in [0, 0.05) is 19.2 Å². The van der Waals surface area contributed by atoms with Crippen molar-refractivity contribution in [3.05, 3.63) is 53.4 Å². The Hall–Kier alpha value is -2.30. The van der Waals surface area contributed by atoms with Gasteiger partial charge in [-0.2, -0.15) is 0 Å². The third-order valence-corrected chi connectivity index (χ3v) is 3.85. The van der Waals surface area contributed by atoms with Gasteiger partial charge in [0.25, 0.3) is 0 Å². The van der Waals surface area contributed by atoms with Crippen molar-refractivity contribution in [3.63, 3.8) is 0 Å². The lowest BCUT2D eigenvalue weighted by Gasteiger charge is -2.16. The van der Waals surface area contributed by atoms with Crippen LogP contribution in [0, 0.1) is 0 Å². The van der Waals surface area contributed by atoms with E-state index in [4.69, 9.17) is 4.52 Å². The Bertz CT molecular complexity index is 634. The Labute approximate surface area is 144 Å². The minimum absolute atomic E-state index is 0.365. The number of guanidine groups is 1. The number of hydrogen-bond acceptors (Lipinski definition) is 3. The van der Waals surface area contributed by atoms with E-state index in [1.807, 2.05) is 12.1 Å². The smallest absolute Gasteiger partial charge is 0.191 e. The number of hydrogen-bond donors (Lipinski definition) is 2. The van der Waals surface area contributed by atoms with Gasteiger partial charge in [-0.15, -0.1) is 0 Å². The predicted molar refractivity (Wildman–Crippen MR) is 98.3 cm³/mol. The zero-order valence-corrected chi connectivity index (χ0v) is 15.0. The van der Waals surface area contributed by atoms with Crippen LogP contribution in [0.25, 0.3) is 0 Å². The summed E-state index contributed by atoms with van der Waals surface area (Å²) in [5.41, 5.74) is 2.29. The van der Waals surface area contributed by atoms with Gasteiger partial charge in [0.15, 0.2) is 11.7 Å². The largest absolute Gasteiger partial charge is 0.359 e. The zero-order valence-electron chi connectivity index (χ0n) is 15.0. The molecular weight excluding hydrogens is 300 g/mol. The molecule has 5 heteroatoms. The first-order valence-electron chi connectivity index (χ1n) is 8.62. The van der Waals surface area contributed by atoms with Gasteiger partial charge < -0.3 is 15.2 Å². The number of nitrogens with one attached hydrogen (secondary N) is 2. The van der Waals surface area contributed by atoms with Crippen LogP contribution >= 0.6 is 0 Å². The summed E-state index contributed by atoms with van der Waals surface area (Å²) < 4.78 is 5.34. The van der Waals surface area contributed by atoms with Crippen molar-refractivity contribution in [1.29, 1.82) is 0 Å². The van der Waals surface area contributed by atoms with E-state index in [1.54, 1.807) is 0 Å². The molecular formula is C19H28N4O. The van der Waals surface area contributed by atoms with Gasteiger partial charge in [-0.1, -0.05) is 56.3 Å². The van der Waals surface area contributed by atoms with E-state index in [0.29, 0.717) is 18.4 Å². The lowest BCUT2D eigenvalue weighted by atomic mass is 10.0. The molecule has 0 amide bonds. The molecule has 0 fully saturated rings. The van der Waals surface area contributed by atoms with E-state index in [2.05, 4.69) is 72.7 Å². The van der Waals surface area contributed by atoms with Crippen LogP contribution in [-0.4, -0.2) is 24.2 Å². The Morgan fingerprint density at radius 1 is 1.17 bits per heavy atom. The Morgan fingerprint density at radius 3 is 2.54 bits per heavy atom. The molecule has 1 aromatic carbocycles. The maximum absolute atomic E-state index is 5.34. The minimum atomic E-state index is 0.365. The normalized spacial score (nSPS) is 13.1. The fraction of sp³-hybridized carbons (Fsp3) is 0.474. The van der Waals surface area contributed by atoms with E-state index in [1.165, 1.54) is 5.56 Å². The van der Waals surface area contributed by atoms with Crippen LogP contribution in [0.4, 0.5) is 0 Å². The van der Waals surface area contributed by atoms with Crippen molar-refractivity contribution in [2.24, 2.45) is 4.99 Å². The van der Waals surface area contributed by atoms with Crippen molar-refractivity contribution in [3.8, 4) is 0 Å². The van der Waals surface area contributed by atoms with Crippen molar-refractivity contribution in [1.82, 2.24) is 15.8 Å². The standard InChI is InChI=1S/C19H28N4O/c1-5-20-19(21-12-15(4)16-9-7-6-8-10-16)22-13-17-11-18(14(2)3)23-24-17/h6-11,14-15H,5,12-13H2,1-4H3,(H2,20,21,22). The van der Waals surface area contributed by atoms with Gasteiger partial charge >= 0.3 is 0 Å². The van der Waals surface area contributed by atoms with E-state index in [0.717, 1.165) is 30.5 Å². The topological polar surface area (TPSA) is 62.5 Å². The molecule has 1 unspecified atom stereocenters. The van der Waals surface area contributed by atoms with Gasteiger partial charge in [0.2, 0.25) is 0 Å². The second-order valence-electron chi connectivity index (χ2n) is 6.26. The average Bonchev–Trinajstić information content (AvgIpc) is 3.07. The van der Waals surface area contributed by atoms with Crippen LogP contribution in [0.1, 0.15) is 56.5 Å². The molecule has 1 aromatic heterocycles. The fourth-order valence-corrected chi connectivity index (χ4v) is 2.32. The highest BCUT2D eigenvalue weighted by molar-refractivity contribution is 5.79. The molecule has 2 aromatic rings. The molecule has 0 aliphatic heterocycles. The minimum Gasteiger partial charge on any atom is -0.359 e. The molecule has 24 heavy (non-hydrogen) atoms. The lowest BCUT2D eigenvalue weighted by molar-refractivity contribution is 0.376. The molecule has 1 atom stereocenters. The molecule has 1 heterocycles. The van der Waals surface area contributed by atoms with Crippen molar-refractivity contribution < 1.29 is 4.52 Å². The zero-order chi connectivity index (χ0) is 17.4. The second-order valence-corrected chi connectivity index (χ2v) is 6.26. The Kier molecular flexibility index (Phi) is 6.85. The van der Waals surface area contributed by atoms with Crippen molar-refractivity contribution >= 4 is 5.96 Å². The number of rotatable bonds is 7. The average molecular weight is 328 g/mol. The maximum Gasteiger partial charge on any atom is 0.191 e. The summed E-state index contributed by atoms with van der Waals surface area (Å²) in [5, 5.41) is 10.7. The molecule has 2 N–H and O–H groups in total. The predicted octanol–water partition coefficient (Wildman–Crippen LogP) is 3.66. The number of nitrogens with zero attached hydrogens (tertiary/aromatic N) is 2. The molecule has 0 saturated heterocycles. The van der Waals surface area contributed by atoms with E-state index >= 15 is 0 Å². The van der Waals surface area contributed by atoms with Gasteiger partial charge in [0.1, 0.15) is 6.54 Å². The summed E-state index contributed by atoms with van der Waals surface area (Å²) in [7, 11) is 0. The van der Waals surface area contributed by atoms with Gasteiger partial charge in [-0.05, 0) is 24.3 Å². The SMILES string of the molecule is CCNC(=NCc1cc(C(C)C)no1)NCC(C)c1ccccc1. The number of benzene rings is 1. The highest BCUT2D eigenvalue weighted by Crippen LogP contribution is 2.15. The summed E-state index contributed by atoms with van der Waals surface area (Å²) in [6.45, 7) is 10.6. The number of aromatic nitrogens is 1. The van der Waals surface area contributed by atoms with E-state index < -0.39 is 0 Å². The van der Waals surface area contributed by atoms with Gasteiger partial charge in [0.05, 0.1) is 5.69 Å². The summed E-state index contributed by atoms with van der Waals surface area (Å²) in [4.78, 5) is 4.58. The summed E-state index contributed by atoms with van der Waals surface area (Å²) in [5.74, 6) is 2.35. The molecule has 0 spiro atoms. The Balaban J connectivity index is 1.92.